The van der Waals surface area contributed by atoms with Gasteiger partial charge >= 0.3 is 0 Å². The van der Waals surface area contributed by atoms with Crippen LogP contribution >= 0.6 is 12.2 Å². The highest BCUT2D eigenvalue weighted by molar-refractivity contribution is 7.80. The Morgan fingerprint density at radius 2 is 1.68 bits per heavy atom. The number of halogens is 1. The number of para-hydroxylation sites is 1. The van der Waals surface area contributed by atoms with Crippen LogP contribution in [0.3, 0.4) is 0 Å². The first-order chi connectivity index (χ1) is 13.5. The molecule has 28 heavy (non-hydrogen) atoms. The van der Waals surface area contributed by atoms with Crippen molar-refractivity contribution in [1.82, 2.24) is 5.32 Å². The molecule has 1 N–H and O–H groups in total. The lowest BCUT2D eigenvalue weighted by Gasteiger charge is -2.28. The van der Waals surface area contributed by atoms with Gasteiger partial charge in [0.1, 0.15) is 22.9 Å². The third-order valence-corrected chi connectivity index (χ3v) is 4.44. The number of carbonyl (C=O) groups excluding carboxylic acids is 2. The molecule has 1 aliphatic rings. The van der Waals surface area contributed by atoms with Crippen LogP contribution in [-0.4, -0.2) is 16.9 Å². The Kier molecular flexibility index (Phi) is 4.58. The number of hydrogen-bond acceptors (Lipinski definition) is 4. The minimum Gasteiger partial charge on any atom is -0.457 e. The van der Waals surface area contributed by atoms with Gasteiger partial charge in [-0.15, -0.1) is 0 Å². The van der Waals surface area contributed by atoms with E-state index in [0.717, 1.165) is 0 Å². The summed E-state index contributed by atoms with van der Waals surface area (Å²) in [7, 11) is 0. The minimum atomic E-state index is -0.595. The number of nitrogens with zero attached hydrogens (tertiary/aromatic N) is 1. The van der Waals surface area contributed by atoms with Crippen LogP contribution in [0, 0.1) is 5.82 Å². The number of thiocarbonyl (C=S) groups is 1. The number of furan rings is 1. The fraction of sp³-hybridized carbons (Fsp3) is 0. The molecular formula is C21H13FN2O3S. The van der Waals surface area contributed by atoms with Crippen LogP contribution in [0.15, 0.2) is 76.7 Å². The predicted octanol–water partition coefficient (Wildman–Crippen LogP) is 3.92. The van der Waals surface area contributed by atoms with E-state index in [4.69, 9.17) is 16.6 Å². The number of amides is 2. The van der Waals surface area contributed by atoms with Crippen molar-refractivity contribution in [1.29, 1.82) is 0 Å². The normalized spacial score (nSPS) is 15.8. The first-order valence-corrected chi connectivity index (χ1v) is 8.76. The Labute approximate surface area is 165 Å². The maximum Gasteiger partial charge on any atom is 0.270 e. The summed E-state index contributed by atoms with van der Waals surface area (Å²) < 4.78 is 18.8. The molecule has 3 aromatic rings. The molecule has 0 saturated carbocycles. The molecule has 1 saturated heterocycles. The van der Waals surface area contributed by atoms with Gasteiger partial charge in [-0.25, -0.2) is 4.39 Å². The highest BCUT2D eigenvalue weighted by Gasteiger charge is 2.34. The predicted molar refractivity (Wildman–Crippen MR) is 107 cm³/mol. The molecule has 2 amide bonds. The smallest absolute Gasteiger partial charge is 0.270 e. The largest absolute Gasteiger partial charge is 0.457 e. The summed E-state index contributed by atoms with van der Waals surface area (Å²) in [5.41, 5.74) is 1.13. The molecule has 0 atom stereocenters. The zero-order valence-electron chi connectivity index (χ0n) is 14.4. The second-order valence-corrected chi connectivity index (χ2v) is 6.39. The van der Waals surface area contributed by atoms with Crippen molar-refractivity contribution >= 4 is 40.9 Å². The lowest BCUT2D eigenvalue weighted by molar-refractivity contribution is -0.122. The number of benzene rings is 2. The van der Waals surface area contributed by atoms with Crippen LogP contribution in [0.25, 0.3) is 17.4 Å². The summed E-state index contributed by atoms with van der Waals surface area (Å²) in [6.07, 6.45) is 1.36. The van der Waals surface area contributed by atoms with Crippen molar-refractivity contribution in [3.8, 4) is 11.3 Å². The third kappa shape index (κ3) is 3.35. The zero-order chi connectivity index (χ0) is 19.7. The molecule has 1 aliphatic heterocycles. The molecule has 7 heteroatoms. The van der Waals surface area contributed by atoms with E-state index < -0.39 is 11.8 Å². The van der Waals surface area contributed by atoms with Crippen molar-refractivity contribution in [2.75, 3.05) is 4.90 Å². The van der Waals surface area contributed by atoms with Crippen LogP contribution in [0.5, 0.6) is 0 Å². The number of carbonyl (C=O) groups is 2. The summed E-state index contributed by atoms with van der Waals surface area (Å²) in [6, 6.07) is 17.9. The molecule has 0 unspecified atom stereocenters. The second kappa shape index (κ2) is 7.21. The fourth-order valence-electron chi connectivity index (χ4n) is 2.81. The van der Waals surface area contributed by atoms with Crippen LogP contribution in [0.1, 0.15) is 5.76 Å². The van der Waals surface area contributed by atoms with Gasteiger partial charge in [-0.2, -0.15) is 0 Å². The Bertz CT molecular complexity index is 1100. The Morgan fingerprint density at radius 1 is 0.964 bits per heavy atom. The first kappa shape index (κ1) is 17.8. The molecule has 0 spiro atoms. The standard InChI is InChI=1S/C21H13FN2O3S/c22-14-8-6-13(7-9-14)18-11-10-16(27-18)12-17-19(25)23-21(28)24(20(17)26)15-4-2-1-3-5-15/h1-12H,(H,23,25,28). The van der Waals surface area contributed by atoms with Crippen molar-refractivity contribution < 1.29 is 18.4 Å². The van der Waals surface area contributed by atoms with Gasteiger partial charge in [0, 0.05) is 5.56 Å². The Hall–Kier alpha value is -3.58. The summed E-state index contributed by atoms with van der Waals surface area (Å²) >= 11 is 5.15. The van der Waals surface area contributed by atoms with E-state index in [9.17, 15) is 14.0 Å². The molecular weight excluding hydrogens is 379 g/mol. The summed E-state index contributed by atoms with van der Waals surface area (Å²) in [5.74, 6) is -0.676. The van der Waals surface area contributed by atoms with Crippen LogP contribution in [-0.2, 0) is 9.59 Å². The van der Waals surface area contributed by atoms with Crippen molar-refractivity contribution in [2.24, 2.45) is 0 Å². The molecule has 2 aromatic carbocycles. The molecule has 0 aliphatic carbocycles. The molecule has 4 rings (SSSR count). The molecule has 0 bridgehead atoms. The molecule has 138 valence electrons. The molecule has 1 aromatic heterocycles. The van der Waals surface area contributed by atoms with Crippen LogP contribution < -0.4 is 10.2 Å². The first-order valence-electron chi connectivity index (χ1n) is 8.35. The number of hydrogen-bond donors (Lipinski definition) is 1. The average Bonchev–Trinajstić information content (AvgIpc) is 3.15. The summed E-state index contributed by atoms with van der Waals surface area (Å²) in [5, 5.41) is 2.54. The maximum absolute atomic E-state index is 13.1. The quantitative estimate of drug-likeness (QED) is 0.417. The van der Waals surface area contributed by atoms with E-state index in [-0.39, 0.29) is 16.5 Å². The average molecular weight is 392 g/mol. The monoisotopic (exact) mass is 392 g/mol. The topological polar surface area (TPSA) is 62.6 Å². The van der Waals surface area contributed by atoms with E-state index in [2.05, 4.69) is 5.32 Å². The molecule has 2 heterocycles. The molecule has 0 radical (unpaired) electrons. The van der Waals surface area contributed by atoms with Gasteiger partial charge < -0.3 is 4.42 Å². The van der Waals surface area contributed by atoms with Gasteiger partial charge in [0.05, 0.1) is 5.69 Å². The lowest BCUT2D eigenvalue weighted by Crippen LogP contribution is -2.54. The van der Waals surface area contributed by atoms with E-state index in [1.807, 2.05) is 6.07 Å². The summed E-state index contributed by atoms with van der Waals surface area (Å²) in [6.45, 7) is 0. The highest BCUT2D eigenvalue weighted by Crippen LogP contribution is 2.26. The SMILES string of the molecule is O=C1NC(=S)N(c2ccccc2)C(=O)C1=Cc1ccc(-c2ccc(F)cc2)o1. The third-order valence-electron chi connectivity index (χ3n) is 4.16. The van der Waals surface area contributed by atoms with E-state index in [0.29, 0.717) is 22.8 Å². The lowest BCUT2D eigenvalue weighted by atomic mass is 10.1. The van der Waals surface area contributed by atoms with Gasteiger partial charge in [0.15, 0.2) is 5.11 Å². The van der Waals surface area contributed by atoms with Gasteiger partial charge in [-0.1, -0.05) is 18.2 Å². The minimum absolute atomic E-state index is 0.0183. The number of nitrogens with one attached hydrogen (secondary N) is 1. The Morgan fingerprint density at radius 3 is 2.39 bits per heavy atom. The van der Waals surface area contributed by atoms with Gasteiger partial charge in [0.25, 0.3) is 11.8 Å². The van der Waals surface area contributed by atoms with Crippen molar-refractivity contribution in [2.45, 2.75) is 0 Å². The molecule has 1 fully saturated rings. The van der Waals surface area contributed by atoms with Gasteiger partial charge in [-0.3, -0.25) is 19.8 Å². The van der Waals surface area contributed by atoms with Gasteiger partial charge in [-0.05, 0) is 66.8 Å². The van der Waals surface area contributed by atoms with E-state index in [1.165, 1.54) is 23.1 Å². The van der Waals surface area contributed by atoms with E-state index >= 15 is 0 Å². The fourth-order valence-corrected chi connectivity index (χ4v) is 3.09. The second-order valence-electron chi connectivity index (χ2n) is 6.00. The van der Waals surface area contributed by atoms with E-state index in [1.54, 1.807) is 48.5 Å². The van der Waals surface area contributed by atoms with Crippen molar-refractivity contribution in [3.63, 3.8) is 0 Å². The van der Waals surface area contributed by atoms with Crippen LogP contribution in [0.4, 0.5) is 10.1 Å². The van der Waals surface area contributed by atoms with Crippen LogP contribution in [0.2, 0.25) is 0 Å². The molecule has 5 nitrogen and oxygen atoms in total. The van der Waals surface area contributed by atoms with Crippen molar-refractivity contribution in [3.05, 3.63) is 83.9 Å². The number of rotatable bonds is 3. The number of anilines is 1. The highest BCUT2D eigenvalue weighted by atomic mass is 32.1. The maximum atomic E-state index is 13.1. The summed E-state index contributed by atoms with van der Waals surface area (Å²) in [4.78, 5) is 26.5. The Balaban J connectivity index is 1.67. The zero-order valence-corrected chi connectivity index (χ0v) is 15.2. The van der Waals surface area contributed by atoms with Gasteiger partial charge in [0.2, 0.25) is 0 Å².